The Morgan fingerprint density at radius 1 is 1.00 bits per heavy atom. The van der Waals surface area contributed by atoms with E-state index in [1.54, 1.807) is 0 Å². The fourth-order valence-corrected chi connectivity index (χ4v) is 6.24. The van der Waals surface area contributed by atoms with Crippen LogP contribution in [0.3, 0.4) is 0 Å². The van der Waals surface area contributed by atoms with Crippen LogP contribution in [0.4, 0.5) is 0 Å². The van der Waals surface area contributed by atoms with Crippen LogP contribution in [-0.4, -0.2) is 23.8 Å². The maximum atomic E-state index is 8.88. The highest BCUT2D eigenvalue weighted by Crippen LogP contribution is 2.66. The molecule has 0 saturated heterocycles. The van der Waals surface area contributed by atoms with Crippen molar-refractivity contribution in [1.29, 1.82) is 0 Å². The molecule has 2 heteroatoms. The van der Waals surface area contributed by atoms with Gasteiger partial charge in [0.25, 0.3) is 0 Å². The second kappa shape index (κ2) is 4.21. The molecule has 0 aromatic heterocycles. The standard InChI is InChI=1S/C16H29NO/c1-14-7-13-8-15(2,10-14)12-16(9-13,11-14)17-5-3-4-6-18/h13,17-18H,3-12H2,1-2H3/t13?,14-,15+,16?. The van der Waals surface area contributed by atoms with Gasteiger partial charge in [0.1, 0.15) is 0 Å². The Hall–Kier alpha value is -0.0800. The topological polar surface area (TPSA) is 32.3 Å². The predicted molar refractivity (Wildman–Crippen MR) is 74.5 cm³/mol. The van der Waals surface area contributed by atoms with Gasteiger partial charge >= 0.3 is 0 Å². The number of rotatable bonds is 5. The van der Waals surface area contributed by atoms with Crippen molar-refractivity contribution < 1.29 is 5.11 Å². The largest absolute Gasteiger partial charge is 0.396 e. The Balaban J connectivity index is 1.69. The summed E-state index contributed by atoms with van der Waals surface area (Å²) in [6.45, 7) is 6.49. The van der Waals surface area contributed by atoms with Crippen LogP contribution in [0.1, 0.15) is 65.2 Å². The van der Waals surface area contributed by atoms with E-state index >= 15 is 0 Å². The van der Waals surface area contributed by atoms with Gasteiger partial charge in [-0.3, -0.25) is 0 Å². The lowest BCUT2D eigenvalue weighted by atomic mass is 9.43. The first-order valence-electron chi connectivity index (χ1n) is 7.83. The van der Waals surface area contributed by atoms with E-state index in [9.17, 15) is 0 Å². The van der Waals surface area contributed by atoms with Crippen LogP contribution in [-0.2, 0) is 0 Å². The van der Waals surface area contributed by atoms with Crippen molar-refractivity contribution in [2.24, 2.45) is 16.7 Å². The van der Waals surface area contributed by atoms with E-state index in [0.717, 1.165) is 25.3 Å². The van der Waals surface area contributed by atoms with Gasteiger partial charge < -0.3 is 10.4 Å². The van der Waals surface area contributed by atoms with Crippen LogP contribution in [0.15, 0.2) is 0 Å². The summed E-state index contributed by atoms with van der Waals surface area (Å²) in [5.41, 5.74) is 1.66. The lowest BCUT2D eigenvalue weighted by molar-refractivity contribution is -0.117. The number of unbranched alkanes of at least 4 members (excludes halogenated alkanes) is 1. The third kappa shape index (κ3) is 2.22. The van der Waals surface area contributed by atoms with Crippen molar-refractivity contribution >= 4 is 0 Å². The van der Waals surface area contributed by atoms with E-state index < -0.39 is 0 Å². The van der Waals surface area contributed by atoms with Crippen molar-refractivity contribution in [2.45, 2.75) is 70.8 Å². The molecule has 4 saturated carbocycles. The molecule has 0 amide bonds. The Kier molecular flexibility index (Phi) is 3.02. The highest BCUT2D eigenvalue weighted by atomic mass is 16.2. The first-order chi connectivity index (χ1) is 8.47. The zero-order chi connectivity index (χ0) is 12.9. The second-order valence-corrected chi connectivity index (χ2v) is 8.27. The van der Waals surface area contributed by atoms with Crippen molar-refractivity contribution in [2.75, 3.05) is 13.2 Å². The number of hydrogen-bond donors (Lipinski definition) is 2. The summed E-state index contributed by atoms with van der Waals surface area (Å²) in [5, 5.41) is 12.8. The maximum absolute atomic E-state index is 8.88. The molecule has 0 radical (unpaired) electrons. The van der Waals surface area contributed by atoms with Crippen LogP contribution >= 0.6 is 0 Å². The molecular formula is C16H29NO. The highest BCUT2D eigenvalue weighted by Gasteiger charge is 2.59. The monoisotopic (exact) mass is 251 g/mol. The molecule has 2 nitrogen and oxygen atoms in total. The highest BCUT2D eigenvalue weighted by molar-refractivity contribution is 5.14. The van der Waals surface area contributed by atoms with Gasteiger partial charge in [-0.25, -0.2) is 0 Å². The van der Waals surface area contributed by atoms with Crippen molar-refractivity contribution in [3.05, 3.63) is 0 Å². The van der Waals surface area contributed by atoms with Gasteiger partial charge in [-0.05, 0) is 74.7 Å². The third-order valence-electron chi connectivity index (χ3n) is 5.71. The minimum atomic E-state index is 0.340. The van der Waals surface area contributed by atoms with Crippen LogP contribution in [0.2, 0.25) is 0 Å². The van der Waals surface area contributed by atoms with Gasteiger partial charge in [0.15, 0.2) is 0 Å². The summed E-state index contributed by atoms with van der Waals surface area (Å²) >= 11 is 0. The quantitative estimate of drug-likeness (QED) is 0.736. The molecule has 2 N–H and O–H groups in total. The average molecular weight is 251 g/mol. The molecule has 104 valence electrons. The van der Waals surface area contributed by atoms with Crippen LogP contribution < -0.4 is 5.32 Å². The van der Waals surface area contributed by atoms with Crippen LogP contribution in [0.5, 0.6) is 0 Å². The molecule has 4 aliphatic rings. The fraction of sp³-hybridized carbons (Fsp3) is 1.00. The molecule has 0 aromatic carbocycles. The van der Waals surface area contributed by atoms with Gasteiger partial charge in [0.05, 0.1) is 0 Å². The molecule has 4 atom stereocenters. The molecule has 4 aliphatic carbocycles. The predicted octanol–water partition coefficient (Wildman–Crippen LogP) is 3.10. The summed E-state index contributed by atoms with van der Waals surface area (Å²) in [4.78, 5) is 0. The molecule has 0 heterocycles. The average Bonchev–Trinajstić information content (AvgIpc) is 2.19. The molecule has 2 unspecified atom stereocenters. The normalized spacial score (nSPS) is 49.8. The lowest BCUT2D eigenvalue weighted by Crippen LogP contribution is -2.64. The SMILES string of the molecule is C[C@]12CC3CC(NCCCCO)(C1)C[C@@](C)(C3)C2. The van der Waals surface area contributed by atoms with Crippen molar-refractivity contribution in [3.63, 3.8) is 0 Å². The molecular weight excluding hydrogens is 222 g/mol. The van der Waals surface area contributed by atoms with Crippen LogP contribution in [0.25, 0.3) is 0 Å². The van der Waals surface area contributed by atoms with Crippen LogP contribution in [0, 0.1) is 16.7 Å². The Morgan fingerprint density at radius 3 is 2.22 bits per heavy atom. The minimum Gasteiger partial charge on any atom is -0.396 e. The number of aliphatic hydroxyl groups is 1. The van der Waals surface area contributed by atoms with Crippen molar-refractivity contribution in [3.8, 4) is 0 Å². The zero-order valence-electron chi connectivity index (χ0n) is 12.1. The second-order valence-electron chi connectivity index (χ2n) is 8.27. The van der Waals surface area contributed by atoms with Gasteiger partial charge in [-0.15, -0.1) is 0 Å². The molecule has 0 aliphatic heterocycles. The summed E-state index contributed by atoms with van der Waals surface area (Å²) in [5.74, 6) is 0.974. The molecule has 4 fully saturated rings. The van der Waals surface area contributed by atoms with E-state index in [2.05, 4.69) is 19.2 Å². The van der Waals surface area contributed by atoms with E-state index in [1.165, 1.54) is 38.5 Å². The van der Waals surface area contributed by atoms with E-state index in [-0.39, 0.29) is 0 Å². The molecule has 0 spiro atoms. The summed E-state index contributed by atoms with van der Waals surface area (Å²) in [6.07, 6.45) is 10.7. The molecule has 18 heavy (non-hydrogen) atoms. The Bertz CT molecular complexity index is 309. The van der Waals surface area contributed by atoms with Gasteiger partial charge in [-0.1, -0.05) is 13.8 Å². The Morgan fingerprint density at radius 2 is 1.67 bits per heavy atom. The maximum Gasteiger partial charge on any atom is 0.0431 e. The third-order valence-corrected chi connectivity index (χ3v) is 5.71. The smallest absolute Gasteiger partial charge is 0.0431 e. The minimum absolute atomic E-state index is 0.340. The number of hydrogen-bond acceptors (Lipinski definition) is 2. The zero-order valence-corrected chi connectivity index (χ0v) is 12.1. The summed E-state index contributed by atoms with van der Waals surface area (Å²) in [7, 11) is 0. The van der Waals surface area contributed by atoms with E-state index in [1.807, 2.05) is 0 Å². The molecule has 4 rings (SSSR count). The van der Waals surface area contributed by atoms with E-state index in [0.29, 0.717) is 23.0 Å². The first kappa shape index (κ1) is 12.9. The molecule has 4 bridgehead atoms. The molecule has 0 aromatic rings. The van der Waals surface area contributed by atoms with Gasteiger partial charge in [-0.2, -0.15) is 0 Å². The Labute approximate surface area is 112 Å². The summed E-state index contributed by atoms with van der Waals surface area (Å²) < 4.78 is 0. The lowest BCUT2D eigenvalue weighted by Gasteiger charge is -2.65. The van der Waals surface area contributed by atoms with Crippen molar-refractivity contribution in [1.82, 2.24) is 5.32 Å². The number of aliphatic hydroxyl groups excluding tert-OH is 1. The first-order valence-corrected chi connectivity index (χ1v) is 7.83. The number of nitrogens with one attached hydrogen (secondary N) is 1. The van der Waals surface area contributed by atoms with Gasteiger partial charge in [0, 0.05) is 12.1 Å². The van der Waals surface area contributed by atoms with Gasteiger partial charge in [0.2, 0.25) is 0 Å². The summed E-state index contributed by atoms with van der Waals surface area (Å²) in [6, 6.07) is 0. The fourth-order valence-electron chi connectivity index (χ4n) is 6.24. The van der Waals surface area contributed by atoms with E-state index in [4.69, 9.17) is 5.11 Å².